The number of hydrogen-bond donors (Lipinski definition) is 0. The third kappa shape index (κ3) is 5.17. The zero-order valence-corrected chi connectivity index (χ0v) is 22.3. The van der Waals surface area contributed by atoms with Gasteiger partial charge in [-0.25, -0.2) is 0 Å². The summed E-state index contributed by atoms with van der Waals surface area (Å²) in [5.74, 6) is 0. The maximum atomic E-state index is 4.93. The van der Waals surface area contributed by atoms with Crippen molar-refractivity contribution in [1.29, 1.82) is 0 Å². The molecule has 0 radical (unpaired) electrons. The molecule has 0 aliphatic carbocycles. The Bertz CT molecular complexity index is 1320. The van der Waals surface area contributed by atoms with Crippen LogP contribution in [0.15, 0.2) is 84.9 Å². The summed E-state index contributed by atoms with van der Waals surface area (Å²) in [6.07, 6.45) is 6.45. The topological polar surface area (TPSA) is 0 Å². The van der Waals surface area contributed by atoms with Crippen LogP contribution in [0.1, 0.15) is 38.2 Å². The zero-order valence-electron chi connectivity index (χ0n) is 18.4. The molecule has 0 spiro atoms. The van der Waals surface area contributed by atoms with Crippen LogP contribution in [0.2, 0.25) is 0 Å². The molecule has 5 rings (SSSR count). The fraction of sp³-hybridized carbons (Fsp3) is 0.207. The molecule has 0 bridgehead atoms. The molecular weight excluding hydrogens is 510 g/mol. The zero-order chi connectivity index (χ0) is 22.3. The summed E-state index contributed by atoms with van der Waals surface area (Å²) in [7, 11) is 9.87. The molecule has 5 aromatic rings. The Hall–Kier alpha value is -1.53. The van der Waals surface area contributed by atoms with Crippen molar-refractivity contribution < 1.29 is 20.8 Å². The second-order valence-corrected chi connectivity index (χ2v) is 12.0. The van der Waals surface area contributed by atoms with Crippen LogP contribution in [0, 0.1) is 0 Å². The minimum absolute atomic E-state index is 0.826. The predicted octanol–water partition coefficient (Wildman–Crippen LogP) is 10.0. The minimum atomic E-state index is -0.826. The first-order chi connectivity index (χ1) is 15.8. The van der Waals surface area contributed by atoms with Gasteiger partial charge in [0.1, 0.15) is 0 Å². The van der Waals surface area contributed by atoms with E-state index in [9.17, 15) is 0 Å². The van der Waals surface area contributed by atoms with Gasteiger partial charge in [0.05, 0.1) is 0 Å². The van der Waals surface area contributed by atoms with Gasteiger partial charge in [-0.1, -0.05) is 92.8 Å². The molecule has 0 atom stereocenters. The van der Waals surface area contributed by atoms with Crippen molar-refractivity contribution in [3.8, 4) is 11.1 Å². The molecule has 0 unspecified atom stereocenters. The monoisotopic (exact) mass is 535 g/mol. The Balaban J connectivity index is 0.000000775. The Morgan fingerprint density at radius 3 is 2.19 bits per heavy atom. The molecule has 0 aromatic heterocycles. The molecule has 0 saturated carbocycles. The van der Waals surface area contributed by atoms with Crippen molar-refractivity contribution in [3.63, 3.8) is 0 Å². The van der Waals surface area contributed by atoms with Crippen molar-refractivity contribution in [3.05, 3.63) is 90.5 Å². The van der Waals surface area contributed by atoms with Gasteiger partial charge in [-0.15, -0.1) is 34.5 Å². The number of benzene rings is 4. The Morgan fingerprint density at radius 2 is 1.41 bits per heavy atom. The molecule has 5 aromatic carbocycles. The van der Waals surface area contributed by atoms with E-state index in [2.05, 4.69) is 91.9 Å². The second-order valence-electron chi connectivity index (χ2n) is 8.25. The normalized spacial score (nSPS) is 11.0. The molecule has 0 aliphatic heterocycles. The Kier molecular flexibility index (Phi) is 8.53. The molecule has 0 saturated heterocycles. The van der Waals surface area contributed by atoms with Gasteiger partial charge in [0.15, 0.2) is 0 Å². The first-order valence-electron chi connectivity index (χ1n) is 11.3. The van der Waals surface area contributed by atoms with Gasteiger partial charge in [0.2, 0.25) is 0 Å². The molecule has 0 amide bonds. The van der Waals surface area contributed by atoms with E-state index >= 15 is 0 Å². The van der Waals surface area contributed by atoms with Crippen molar-refractivity contribution in [2.75, 3.05) is 0 Å². The van der Waals surface area contributed by atoms with Crippen LogP contribution in [0.4, 0.5) is 0 Å². The third-order valence-electron chi connectivity index (χ3n) is 6.19. The fourth-order valence-electron chi connectivity index (χ4n) is 4.71. The van der Waals surface area contributed by atoms with E-state index in [0.29, 0.717) is 0 Å². The first kappa shape index (κ1) is 23.6. The van der Waals surface area contributed by atoms with Gasteiger partial charge in [-0.05, 0) is 39.6 Å². The van der Waals surface area contributed by atoms with Crippen LogP contribution in [0.25, 0.3) is 43.4 Å². The summed E-state index contributed by atoms with van der Waals surface area (Å²) in [5.41, 5.74) is 4.17. The van der Waals surface area contributed by atoms with Crippen molar-refractivity contribution in [1.82, 2.24) is 0 Å². The van der Waals surface area contributed by atoms with Gasteiger partial charge >= 0.3 is 37.9 Å². The molecule has 0 nitrogen and oxygen atoms in total. The van der Waals surface area contributed by atoms with E-state index < -0.39 is 20.8 Å². The van der Waals surface area contributed by atoms with Crippen molar-refractivity contribution in [2.45, 2.75) is 39.0 Å². The molecule has 32 heavy (non-hydrogen) atoms. The van der Waals surface area contributed by atoms with E-state index in [-0.39, 0.29) is 0 Å². The number of hydrogen-bond acceptors (Lipinski definition) is 0. The summed E-state index contributed by atoms with van der Waals surface area (Å²) < 4.78 is 0. The van der Waals surface area contributed by atoms with E-state index in [4.69, 9.17) is 17.0 Å². The molecular formula is C29H27Cl2Zr-. The summed E-state index contributed by atoms with van der Waals surface area (Å²) in [4.78, 5) is 0. The molecule has 0 aliphatic rings. The molecule has 0 fully saturated rings. The van der Waals surface area contributed by atoms with E-state index in [1.807, 2.05) is 0 Å². The number of unbranched alkanes of at least 4 members (excludes halogenated alkanes) is 3. The number of aryl methyl sites for hydroxylation is 1. The number of fused-ring (bicyclic) bond motifs is 4. The average molecular weight is 538 g/mol. The summed E-state index contributed by atoms with van der Waals surface area (Å²) >= 11 is -0.826. The van der Waals surface area contributed by atoms with Gasteiger partial charge in [0.25, 0.3) is 0 Å². The van der Waals surface area contributed by atoms with Crippen LogP contribution in [-0.4, -0.2) is 0 Å². The fourth-order valence-corrected chi connectivity index (χ4v) is 4.71. The standard InChI is InChI=1S/C29H27.2ClH.Zr/c1-2-3-4-5-11-21-18-22-13-10-17-27(28(22)19-21)29-20-23-12-6-7-14-24(23)25-15-8-9-16-26(25)29;;;/h6-10,12-20H,2-5,11H2,1H3;2*1H;/q-1;;;+2/p-2. The van der Waals surface area contributed by atoms with E-state index in [1.165, 1.54) is 81.1 Å². The summed E-state index contributed by atoms with van der Waals surface area (Å²) in [5, 5.41) is 8.07. The Morgan fingerprint density at radius 1 is 0.688 bits per heavy atom. The van der Waals surface area contributed by atoms with Crippen LogP contribution in [-0.2, 0) is 27.3 Å². The van der Waals surface area contributed by atoms with Crippen LogP contribution < -0.4 is 0 Å². The van der Waals surface area contributed by atoms with Gasteiger partial charge in [-0.3, -0.25) is 0 Å². The SMILES string of the molecule is CCCCCCc1cc2c(-c3cc4ccccc4c4ccccc34)cccc2[cH-]1.[Cl][Zr][Cl]. The van der Waals surface area contributed by atoms with Crippen molar-refractivity contribution in [2.24, 2.45) is 0 Å². The van der Waals surface area contributed by atoms with Crippen LogP contribution in [0.5, 0.6) is 0 Å². The third-order valence-corrected chi connectivity index (χ3v) is 6.19. The van der Waals surface area contributed by atoms with Gasteiger partial charge in [0, 0.05) is 0 Å². The van der Waals surface area contributed by atoms with E-state index in [1.54, 1.807) is 0 Å². The summed E-state index contributed by atoms with van der Waals surface area (Å²) in [6, 6.07) is 31.5. The van der Waals surface area contributed by atoms with E-state index in [0.717, 1.165) is 0 Å². The van der Waals surface area contributed by atoms with Gasteiger partial charge < -0.3 is 0 Å². The second kappa shape index (κ2) is 11.6. The predicted molar refractivity (Wildman–Crippen MR) is 140 cm³/mol. The average Bonchev–Trinajstić information content (AvgIpc) is 3.25. The maximum absolute atomic E-state index is 4.93. The van der Waals surface area contributed by atoms with Crippen molar-refractivity contribution >= 4 is 49.3 Å². The number of halogens is 2. The summed E-state index contributed by atoms with van der Waals surface area (Å²) in [6.45, 7) is 2.27. The molecule has 3 heteroatoms. The van der Waals surface area contributed by atoms with Crippen LogP contribution >= 0.6 is 17.0 Å². The van der Waals surface area contributed by atoms with Gasteiger partial charge in [-0.2, -0.15) is 6.07 Å². The Labute approximate surface area is 209 Å². The molecule has 0 heterocycles. The van der Waals surface area contributed by atoms with Crippen LogP contribution in [0.3, 0.4) is 0 Å². The number of rotatable bonds is 6. The first-order valence-corrected chi connectivity index (χ1v) is 17.6. The molecule has 0 N–H and O–H groups in total. The quantitative estimate of drug-likeness (QED) is 0.115. The molecule has 162 valence electrons.